The molecule has 10 heavy (non-hydrogen) atoms. The predicted molar refractivity (Wildman–Crippen MR) is 42.8 cm³/mol. The lowest BCUT2D eigenvalue weighted by atomic mass is 10.3. The Balaban J connectivity index is 2.67. The Morgan fingerprint density at radius 2 is 2.40 bits per heavy atom. The van der Waals surface area contributed by atoms with Gasteiger partial charge in [0.1, 0.15) is 12.2 Å². The van der Waals surface area contributed by atoms with Gasteiger partial charge >= 0.3 is 5.97 Å². The van der Waals surface area contributed by atoms with Gasteiger partial charge in [0.25, 0.3) is 0 Å². The monoisotopic (exact) mass is 252 g/mol. The first-order valence-electron chi connectivity index (χ1n) is 2.64. The average molecular weight is 252 g/mol. The minimum absolute atomic E-state index is 0.0387. The molecule has 0 aliphatic carbocycles. The van der Waals surface area contributed by atoms with E-state index in [1.54, 1.807) is 12.1 Å². The summed E-state index contributed by atoms with van der Waals surface area (Å²) in [4.78, 5) is 10.1. The third-order valence-corrected chi connectivity index (χ3v) is 1.53. The molecule has 0 aliphatic heterocycles. The van der Waals surface area contributed by atoms with Gasteiger partial charge in [-0.3, -0.25) is 4.79 Å². The molecule has 0 spiro atoms. The molecule has 1 aromatic rings. The molecule has 0 aliphatic rings. The molecule has 1 rings (SSSR count). The van der Waals surface area contributed by atoms with Crippen molar-refractivity contribution in [3.63, 3.8) is 0 Å². The fourth-order valence-corrected chi connectivity index (χ4v) is 1.06. The van der Waals surface area contributed by atoms with E-state index in [1.165, 1.54) is 0 Å². The molecule has 1 heterocycles. The van der Waals surface area contributed by atoms with Crippen molar-refractivity contribution in [1.29, 1.82) is 0 Å². The Kier molecular flexibility index (Phi) is 2.31. The van der Waals surface area contributed by atoms with Gasteiger partial charge in [0.2, 0.25) is 0 Å². The summed E-state index contributed by atoms with van der Waals surface area (Å²) in [6.07, 6.45) is -0.0387. The Hall–Kier alpha value is -0.520. The van der Waals surface area contributed by atoms with Gasteiger partial charge in [-0.05, 0) is 34.7 Å². The summed E-state index contributed by atoms with van der Waals surface area (Å²) in [6, 6.07) is 3.40. The summed E-state index contributed by atoms with van der Waals surface area (Å²) in [6.45, 7) is 0. The van der Waals surface area contributed by atoms with Crippen LogP contribution in [0.1, 0.15) is 5.76 Å². The van der Waals surface area contributed by atoms with Crippen molar-refractivity contribution in [3.8, 4) is 0 Å². The lowest BCUT2D eigenvalue weighted by Crippen LogP contribution is -1.97. The molecule has 1 N–H and O–H groups in total. The van der Waals surface area contributed by atoms with Crippen LogP contribution >= 0.6 is 22.6 Å². The highest BCUT2D eigenvalue weighted by atomic mass is 127. The molecule has 0 bridgehead atoms. The number of carboxylic acids is 1. The van der Waals surface area contributed by atoms with Gasteiger partial charge in [-0.15, -0.1) is 0 Å². The molecule has 0 amide bonds. The van der Waals surface area contributed by atoms with Crippen LogP contribution in [0.4, 0.5) is 0 Å². The van der Waals surface area contributed by atoms with Gasteiger partial charge in [0.15, 0.2) is 3.77 Å². The van der Waals surface area contributed by atoms with Crippen LogP contribution in [-0.2, 0) is 11.2 Å². The minimum atomic E-state index is -0.870. The first-order chi connectivity index (χ1) is 4.68. The van der Waals surface area contributed by atoms with Crippen molar-refractivity contribution in [1.82, 2.24) is 0 Å². The van der Waals surface area contributed by atoms with Gasteiger partial charge in [-0.1, -0.05) is 0 Å². The first kappa shape index (κ1) is 7.59. The van der Waals surface area contributed by atoms with Crippen molar-refractivity contribution < 1.29 is 14.3 Å². The summed E-state index contributed by atoms with van der Waals surface area (Å²) in [7, 11) is 0. The fraction of sp³-hybridized carbons (Fsp3) is 0.167. The first-order valence-corrected chi connectivity index (χ1v) is 3.72. The molecule has 4 heteroatoms. The van der Waals surface area contributed by atoms with E-state index in [4.69, 9.17) is 9.52 Å². The number of carbonyl (C=O) groups is 1. The number of furan rings is 1. The highest BCUT2D eigenvalue weighted by molar-refractivity contribution is 14.1. The summed E-state index contributed by atoms with van der Waals surface area (Å²) in [5.74, 6) is -0.373. The summed E-state index contributed by atoms with van der Waals surface area (Å²) < 4.78 is 5.72. The second kappa shape index (κ2) is 3.05. The van der Waals surface area contributed by atoms with Crippen LogP contribution in [0.5, 0.6) is 0 Å². The lowest BCUT2D eigenvalue weighted by Gasteiger charge is -1.86. The summed E-state index contributed by atoms with van der Waals surface area (Å²) in [5, 5.41) is 8.31. The van der Waals surface area contributed by atoms with Crippen molar-refractivity contribution in [2.24, 2.45) is 0 Å². The van der Waals surface area contributed by atoms with Gasteiger partial charge in [-0.2, -0.15) is 0 Å². The zero-order chi connectivity index (χ0) is 7.56. The van der Waals surface area contributed by atoms with Crippen LogP contribution in [-0.4, -0.2) is 11.1 Å². The lowest BCUT2D eigenvalue weighted by molar-refractivity contribution is -0.136. The molecule has 0 saturated heterocycles. The number of halogens is 1. The van der Waals surface area contributed by atoms with E-state index in [2.05, 4.69) is 0 Å². The fourth-order valence-electron chi connectivity index (χ4n) is 0.596. The Labute approximate surface area is 71.2 Å². The molecule has 3 nitrogen and oxygen atoms in total. The van der Waals surface area contributed by atoms with Crippen molar-refractivity contribution in [2.75, 3.05) is 0 Å². The van der Waals surface area contributed by atoms with E-state index in [-0.39, 0.29) is 6.42 Å². The van der Waals surface area contributed by atoms with Crippen LogP contribution in [0, 0.1) is 3.77 Å². The van der Waals surface area contributed by atoms with Crippen molar-refractivity contribution in [3.05, 3.63) is 21.7 Å². The number of rotatable bonds is 2. The second-order valence-electron chi connectivity index (χ2n) is 1.78. The van der Waals surface area contributed by atoms with E-state index in [1.807, 2.05) is 22.6 Å². The van der Waals surface area contributed by atoms with Crippen LogP contribution in [0.2, 0.25) is 0 Å². The summed E-state index contributed by atoms with van der Waals surface area (Å²) >= 11 is 1.99. The van der Waals surface area contributed by atoms with Gasteiger partial charge in [-0.25, -0.2) is 0 Å². The standard InChI is InChI=1S/C6H5IO3/c7-5-2-1-4(10-5)3-6(8)9/h1-2H,3H2,(H,8,9). The third-order valence-electron chi connectivity index (χ3n) is 0.954. The predicted octanol–water partition coefficient (Wildman–Crippen LogP) is 1.51. The third kappa shape index (κ3) is 2.02. The van der Waals surface area contributed by atoms with E-state index < -0.39 is 5.97 Å². The smallest absolute Gasteiger partial charge is 0.311 e. The number of hydrogen-bond acceptors (Lipinski definition) is 2. The van der Waals surface area contributed by atoms with E-state index in [0.717, 1.165) is 0 Å². The quantitative estimate of drug-likeness (QED) is 0.811. The van der Waals surface area contributed by atoms with E-state index >= 15 is 0 Å². The largest absolute Gasteiger partial charge is 0.481 e. The average Bonchev–Trinajstić information content (AvgIpc) is 2.13. The number of hydrogen-bond donors (Lipinski definition) is 1. The SMILES string of the molecule is O=C(O)Cc1ccc(I)o1. The topological polar surface area (TPSA) is 50.4 Å². The van der Waals surface area contributed by atoms with Crippen LogP contribution in [0.25, 0.3) is 0 Å². The van der Waals surface area contributed by atoms with Gasteiger partial charge in [0.05, 0.1) is 0 Å². The van der Waals surface area contributed by atoms with E-state index in [9.17, 15) is 4.79 Å². The van der Waals surface area contributed by atoms with Gasteiger partial charge in [0, 0.05) is 0 Å². The maximum Gasteiger partial charge on any atom is 0.311 e. The minimum Gasteiger partial charge on any atom is -0.481 e. The number of carboxylic acid groups (broad SMARTS) is 1. The zero-order valence-electron chi connectivity index (χ0n) is 5.00. The molecular weight excluding hydrogens is 247 g/mol. The molecule has 0 aromatic carbocycles. The molecule has 54 valence electrons. The highest BCUT2D eigenvalue weighted by Crippen LogP contribution is 2.10. The Bertz CT molecular complexity index is 241. The van der Waals surface area contributed by atoms with Crippen LogP contribution in [0.3, 0.4) is 0 Å². The highest BCUT2D eigenvalue weighted by Gasteiger charge is 2.03. The molecule has 0 fully saturated rings. The number of aliphatic carboxylic acids is 1. The Morgan fingerprint density at radius 3 is 2.80 bits per heavy atom. The van der Waals surface area contributed by atoms with E-state index in [0.29, 0.717) is 9.53 Å². The van der Waals surface area contributed by atoms with Gasteiger partial charge < -0.3 is 9.52 Å². The molecule has 0 saturated carbocycles. The van der Waals surface area contributed by atoms with Crippen molar-refractivity contribution >= 4 is 28.6 Å². The Morgan fingerprint density at radius 1 is 1.70 bits per heavy atom. The van der Waals surface area contributed by atoms with Crippen LogP contribution < -0.4 is 0 Å². The molecule has 0 unspecified atom stereocenters. The molecular formula is C6H5IO3. The molecule has 0 radical (unpaired) electrons. The maximum atomic E-state index is 10.1. The maximum absolute atomic E-state index is 10.1. The molecule has 0 atom stereocenters. The zero-order valence-corrected chi connectivity index (χ0v) is 7.16. The molecule has 1 aromatic heterocycles. The van der Waals surface area contributed by atoms with Crippen molar-refractivity contribution in [2.45, 2.75) is 6.42 Å². The second-order valence-corrected chi connectivity index (χ2v) is 2.84. The summed E-state index contributed by atoms with van der Waals surface area (Å²) in [5.41, 5.74) is 0. The van der Waals surface area contributed by atoms with Crippen LogP contribution in [0.15, 0.2) is 16.5 Å². The normalized spacial score (nSPS) is 9.70.